The van der Waals surface area contributed by atoms with Crippen molar-refractivity contribution in [2.45, 2.75) is 25.4 Å². The molecule has 1 aromatic heterocycles. The second kappa shape index (κ2) is 6.09. The number of likely N-dealkylation sites (tertiary alicyclic amines) is 1. The molecule has 0 amide bonds. The van der Waals surface area contributed by atoms with Gasteiger partial charge in [-0.25, -0.2) is 9.78 Å². The number of hydrogen-bond acceptors (Lipinski definition) is 3. The molecule has 1 unspecified atom stereocenters. The quantitative estimate of drug-likeness (QED) is 0.770. The molecular formula is C19H19N3O2. The average Bonchev–Trinajstić information content (AvgIpc) is 3.21. The minimum Gasteiger partial charge on any atom is -0.478 e. The summed E-state index contributed by atoms with van der Waals surface area (Å²) >= 11 is 0. The molecule has 24 heavy (non-hydrogen) atoms. The standard InChI is InChI=1S/C19H19N3O2/c23-19(24)14-6-3-5-13(11-14)12-22-10-4-9-17(22)18-20-15-7-1-2-8-16(15)21-18/h1-3,5-8,11,17H,4,9-10,12H2,(H,20,21)(H,23,24). The molecule has 0 radical (unpaired) electrons. The lowest BCUT2D eigenvalue weighted by Gasteiger charge is -2.23. The van der Waals surface area contributed by atoms with E-state index in [2.05, 4.69) is 9.88 Å². The molecule has 1 aliphatic heterocycles. The fraction of sp³-hybridized carbons (Fsp3) is 0.263. The van der Waals surface area contributed by atoms with Crippen LogP contribution in [0.1, 0.15) is 40.6 Å². The molecule has 5 nitrogen and oxygen atoms in total. The molecule has 1 saturated heterocycles. The van der Waals surface area contributed by atoms with Gasteiger partial charge in [-0.3, -0.25) is 4.90 Å². The second-order valence-electron chi connectivity index (χ2n) is 6.27. The van der Waals surface area contributed by atoms with Gasteiger partial charge in [0.25, 0.3) is 0 Å². The van der Waals surface area contributed by atoms with E-state index < -0.39 is 5.97 Å². The number of aromatic amines is 1. The normalized spacial score (nSPS) is 18.2. The molecule has 1 atom stereocenters. The minimum absolute atomic E-state index is 0.255. The van der Waals surface area contributed by atoms with Crippen LogP contribution < -0.4 is 0 Å². The van der Waals surface area contributed by atoms with E-state index in [0.29, 0.717) is 5.56 Å². The summed E-state index contributed by atoms with van der Waals surface area (Å²) in [7, 11) is 0. The number of nitrogens with zero attached hydrogens (tertiary/aromatic N) is 2. The lowest BCUT2D eigenvalue weighted by molar-refractivity contribution is 0.0696. The van der Waals surface area contributed by atoms with E-state index in [4.69, 9.17) is 10.1 Å². The first-order valence-corrected chi connectivity index (χ1v) is 8.21. The number of carbonyl (C=O) groups is 1. The number of rotatable bonds is 4. The van der Waals surface area contributed by atoms with Gasteiger partial charge in [0.15, 0.2) is 0 Å². The number of aromatic nitrogens is 2. The Balaban J connectivity index is 1.58. The fourth-order valence-corrected chi connectivity index (χ4v) is 3.49. The molecule has 2 N–H and O–H groups in total. The van der Waals surface area contributed by atoms with Gasteiger partial charge < -0.3 is 10.1 Å². The molecule has 0 bridgehead atoms. The van der Waals surface area contributed by atoms with E-state index in [9.17, 15) is 4.79 Å². The lowest BCUT2D eigenvalue weighted by Crippen LogP contribution is -2.23. The van der Waals surface area contributed by atoms with Gasteiger partial charge in [-0.1, -0.05) is 24.3 Å². The van der Waals surface area contributed by atoms with Crippen molar-refractivity contribution in [1.29, 1.82) is 0 Å². The van der Waals surface area contributed by atoms with E-state index >= 15 is 0 Å². The van der Waals surface area contributed by atoms with Crippen molar-refractivity contribution in [3.05, 3.63) is 65.5 Å². The van der Waals surface area contributed by atoms with Crippen LogP contribution in [0.3, 0.4) is 0 Å². The number of nitrogens with one attached hydrogen (secondary N) is 1. The summed E-state index contributed by atoms with van der Waals surface area (Å²) in [5.74, 6) is 0.121. The SMILES string of the molecule is O=C(O)c1cccc(CN2CCCC2c2nc3ccccc3[nH]2)c1. The zero-order valence-corrected chi connectivity index (χ0v) is 13.3. The monoisotopic (exact) mass is 321 g/mol. The summed E-state index contributed by atoms with van der Waals surface area (Å²) in [6.07, 6.45) is 2.19. The summed E-state index contributed by atoms with van der Waals surface area (Å²) in [5, 5.41) is 9.15. The number of benzene rings is 2. The predicted molar refractivity (Wildman–Crippen MR) is 91.9 cm³/mol. The maximum absolute atomic E-state index is 11.1. The van der Waals surface area contributed by atoms with Crippen LogP contribution in [0.4, 0.5) is 0 Å². The van der Waals surface area contributed by atoms with Gasteiger partial charge in [-0.15, -0.1) is 0 Å². The Morgan fingerprint density at radius 3 is 2.96 bits per heavy atom. The van der Waals surface area contributed by atoms with Gasteiger partial charge >= 0.3 is 5.97 Å². The molecule has 3 aromatic rings. The number of aromatic carboxylic acids is 1. The summed E-state index contributed by atoms with van der Waals surface area (Å²) < 4.78 is 0. The number of H-pyrrole nitrogens is 1. The Morgan fingerprint density at radius 2 is 2.12 bits per heavy atom. The molecule has 2 aromatic carbocycles. The first-order valence-electron chi connectivity index (χ1n) is 8.21. The van der Waals surface area contributed by atoms with Gasteiger partial charge in [-0.2, -0.15) is 0 Å². The molecule has 0 aliphatic carbocycles. The van der Waals surface area contributed by atoms with E-state index in [1.54, 1.807) is 12.1 Å². The van der Waals surface area contributed by atoms with Crippen molar-refractivity contribution in [3.63, 3.8) is 0 Å². The topological polar surface area (TPSA) is 69.2 Å². The first kappa shape index (κ1) is 14.9. The van der Waals surface area contributed by atoms with Crippen molar-refractivity contribution in [2.75, 3.05) is 6.54 Å². The molecule has 122 valence electrons. The highest BCUT2D eigenvalue weighted by Crippen LogP contribution is 2.32. The number of para-hydroxylation sites is 2. The van der Waals surface area contributed by atoms with Crippen LogP contribution in [0.25, 0.3) is 11.0 Å². The molecule has 0 spiro atoms. The summed E-state index contributed by atoms with van der Waals surface area (Å²) in [6, 6.07) is 15.5. The van der Waals surface area contributed by atoms with E-state index in [-0.39, 0.29) is 6.04 Å². The third-order valence-electron chi connectivity index (χ3n) is 4.65. The Labute approximate surface area is 139 Å². The number of fused-ring (bicyclic) bond motifs is 1. The van der Waals surface area contributed by atoms with Crippen molar-refractivity contribution in [2.24, 2.45) is 0 Å². The van der Waals surface area contributed by atoms with E-state index in [1.165, 1.54) is 0 Å². The highest BCUT2D eigenvalue weighted by molar-refractivity contribution is 5.87. The Hall–Kier alpha value is -2.66. The van der Waals surface area contributed by atoms with Crippen LogP contribution in [0.2, 0.25) is 0 Å². The smallest absolute Gasteiger partial charge is 0.335 e. The van der Waals surface area contributed by atoms with Gasteiger partial charge in [0.2, 0.25) is 0 Å². The van der Waals surface area contributed by atoms with E-state index in [1.807, 2.05) is 36.4 Å². The maximum Gasteiger partial charge on any atom is 0.335 e. The first-order chi connectivity index (χ1) is 11.7. The van der Waals surface area contributed by atoms with Crippen LogP contribution in [0.5, 0.6) is 0 Å². The Kier molecular flexibility index (Phi) is 3.78. The number of carboxylic acids is 1. The predicted octanol–water partition coefficient (Wildman–Crippen LogP) is 3.60. The van der Waals surface area contributed by atoms with Crippen molar-refractivity contribution in [3.8, 4) is 0 Å². The van der Waals surface area contributed by atoms with Gasteiger partial charge in [0.1, 0.15) is 5.82 Å². The molecule has 1 fully saturated rings. The highest BCUT2D eigenvalue weighted by atomic mass is 16.4. The maximum atomic E-state index is 11.1. The van der Waals surface area contributed by atoms with Crippen LogP contribution >= 0.6 is 0 Å². The molecular weight excluding hydrogens is 302 g/mol. The molecule has 4 rings (SSSR count). The van der Waals surface area contributed by atoms with Gasteiger partial charge in [-0.05, 0) is 49.2 Å². The fourth-order valence-electron chi connectivity index (χ4n) is 3.49. The van der Waals surface area contributed by atoms with Crippen LogP contribution in [0.15, 0.2) is 48.5 Å². The zero-order valence-electron chi connectivity index (χ0n) is 13.3. The van der Waals surface area contributed by atoms with Gasteiger partial charge in [0.05, 0.1) is 22.6 Å². The third-order valence-corrected chi connectivity index (χ3v) is 4.65. The average molecular weight is 321 g/mol. The number of hydrogen-bond donors (Lipinski definition) is 2. The molecule has 2 heterocycles. The summed E-state index contributed by atoms with van der Waals surface area (Å²) in [5.41, 5.74) is 3.42. The van der Waals surface area contributed by atoms with Crippen LogP contribution in [-0.4, -0.2) is 32.5 Å². The van der Waals surface area contributed by atoms with Crippen LogP contribution in [0, 0.1) is 0 Å². The van der Waals surface area contributed by atoms with Crippen molar-refractivity contribution >= 4 is 17.0 Å². The second-order valence-corrected chi connectivity index (χ2v) is 6.27. The Bertz CT molecular complexity index is 854. The summed E-state index contributed by atoms with van der Waals surface area (Å²) in [6.45, 7) is 1.74. The van der Waals surface area contributed by atoms with Crippen molar-refractivity contribution < 1.29 is 9.90 Å². The van der Waals surface area contributed by atoms with Crippen LogP contribution in [-0.2, 0) is 6.54 Å². The van der Waals surface area contributed by atoms with E-state index in [0.717, 1.165) is 48.4 Å². The number of imidazole rings is 1. The lowest BCUT2D eigenvalue weighted by atomic mass is 10.1. The van der Waals surface area contributed by atoms with Gasteiger partial charge in [0, 0.05) is 6.54 Å². The highest BCUT2D eigenvalue weighted by Gasteiger charge is 2.28. The third kappa shape index (κ3) is 2.78. The molecule has 5 heteroatoms. The zero-order chi connectivity index (χ0) is 16.5. The van der Waals surface area contributed by atoms with Crippen molar-refractivity contribution in [1.82, 2.24) is 14.9 Å². The largest absolute Gasteiger partial charge is 0.478 e. The molecule has 1 aliphatic rings. The number of carboxylic acid groups (broad SMARTS) is 1. The molecule has 0 saturated carbocycles. The Morgan fingerprint density at radius 1 is 1.25 bits per heavy atom. The summed E-state index contributed by atoms with van der Waals surface area (Å²) in [4.78, 5) is 21.7. The minimum atomic E-state index is -0.882.